The molecule has 0 radical (unpaired) electrons. The minimum atomic E-state index is 0.130. The molecule has 0 amide bonds. The summed E-state index contributed by atoms with van der Waals surface area (Å²) in [4.78, 5) is 35.7. The summed E-state index contributed by atoms with van der Waals surface area (Å²) in [5.74, 6) is 0.391. The predicted molar refractivity (Wildman–Crippen MR) is 156 cm³/mol. The zero-order chi connectivity index (χ0) is 26.5. The molecule has 0 saturated heterocycles. The van der Waals surface area contributed by atoms with Gasteiger partial charge in [-0.05, 0) is 119 Å². The summed E-state index contributed by atoms with van der Waals surface area (Å²) in [5.41, 5.74) is 6.51. The van der Waals surface area contributed by atoms with Crippen LogP contribution in [0, 0.1) is 0 Å². The number of Topliss-reactive ketones (excluding diaryl/α,β-unsaturated/α-hetero) is 3. The summed E-state index contributed by atoms with van der Waals surface area (Å²) >= 11 is 0. The quantitative estimate of drug-likeness (QED) is 0.430. The van der Waals surface area contributed by atoms with Gasteiger partial charge in [0.1, 0.15) is 0 Å². The van der Waals surface area contributed by atoms with Gasteiger partial charge in [-0.3, -0.25) is 14.4 Å². The first-order valence-corrected chi connectivity index (χ1v) is 13.2. The first kappa shape index (κ1) is 23.2. The minimum Gasteiger partial charge on any atom is -0.294 e. The third kappa shape index (κ3) is 4.42. The van der Waals surface area contributed by atoms with Crippen molar-refractivity contribution in [3.63, 3.8) is 0 Å². The molecule has 0 spiro atoms. The Morgan fingerprint density at radius 1 is 0.333 bits per heavy atom. The maximum atomic E-state index is 11.9. The van der Waals surface area contributed by atoms with Crippen LogP contribution in [0.3, 0.4) is 0 Å². The Bertz CT molecular complexity index is 1890. The molecule has 0 atom stereocenters. The highest BCUT2D eigenvalue weighted by molar-refractivity contribution is 6.10. The second-order valence-electron chi connectivity index (χ2n) is 10.4. The van der Waals surface area contributed by atoms with Crippen LogP contribution < -0.4 is 31.3 Å². The summed E-state index contributed by atoms with van der Waals surface area (Å²) in [6.07, 6.45) is 12.4. The molecular formula is C36H24O3. The maximum absolute atomic E-state index is 11.9. The van der Waals surface area contributed by atoms with Crippen molar-refractivity contribution in [1.82, 2.24) is 0 Å². The molecule has 0 aliphatic heterocycles. The number of carbonyl (C=O) groups excluding carboxylic acids is 3. The van der Waals surface area contributed by atoms with Crippen LogP contribution in [-0.2, 0) is 14.4 Å². The number of fused-ring (bicyclic) bond motifs is 3. The number of carbonyl (C=O) groups is 3. The lowest BCUT2D eigenvalue weighted by Gasteiger charge is -2.13. The van der Waals surface area contributed by atoms with E-state index in [0.717, 1.165) is 64.7 Å². The monoisotopic (exact) mass is 504 g/mol. The van der Waals surface area contributed by atoms with Gasteiger partial charge in [-0.15, -0.1) is 0 Å². The maximum Gasteiger partial charge on any atom is 0.160 e. The summed E-state index contributed by atoms with van der Waals surface area (Å²) in [6, 6.07) is 25.4. The molecule has 4 aromatic carbocycles. The molecule has 3 nitrogen and oxygen atoms in total. The van der Waals surface area contributed by atoms with Gasteiger partial charge in [0.2, 0.25) is 0 Å². The Balaban J connectivity index is 1.43. The van der Waals surface area contributed by atoms with E-state index in [2.05, 4.69) is 54.6 Å². The lowest BCUT2D eigenvalue weighted by atomic mass is 9.91. The SMILES string of the molecule is O=C1C=c2ccc(-c3cc(-c4ccc5c(c4)=CCC(=O)C=5)cc(-c4ccc5c(c4)=CCC(=O)C=5)c3)cc2=CC1. The third-order valence-corrected chi connectivity index (χ3v) is 7.71. The molecule has 186 valence electrons. The Hall–Kier alpha value is -4.89. The van der Waals surface area contributed by atoms with Gasteiger partial charge in [0.15, 0.2) is 17.3 Å². The normalized spacial score (nSPS) is 15.2. The largest absolute Gasteiger partial charge is 0.294 e. The molecule has 4 aromatic rings. The zero-order valence-corrected chi connectivity index (χ0v) is 21.2. The number of ketones is 3. The molecule has 0 heterocycles. The Labute approximate surface area is 224 Å². The van der Waals surface area contributed by atoms with Gasteiger partial charge in [-0.25, -0.2) is 0 Å². The molecular weight excluding hydrogens is 480 g/mol. The smallest absolute Gasteiger partial charge is 0.160 e. The standard InChI is InChI=1S/C36H24O3/c37-34-10-7-22-13-25(1-4-28(22)19-34)31-16-32(26-2-5-29-20-35(38)11-8-23(29)14-26)18-33(17-31)27-3-6-30-21-36(39)12-9-24(30)15-27/h1-9,13-21H,10-12H2. The fraction of sp³-hybridized carbons (Fsp3) is 0.0833. The highest BCUT2D eigenvalue weighted by Crippen LogP contribution is 2.31. The number of rotatable bonds is 3. The van der Waals surface area contributed by atoms with E-state index in [1.54, 1.807) is 18.2 Å². The van der Waals surface area contributed by atoms with Gasteiger partial charge >= 0.3 is 0 Å². The minimum absolute atomic E-state index is 0.130. The van der Waals surface area contributed by atoms with Crippen LogP contribution in [0.15, 0.2) is 72.8 Å². The number of hydrogen-bond donors (Lipinski definition) is 0. The fourth-order valence-electron chi connectivity index (χ4n) is 5.64. The average molecular weight is 505 g/mol. The van der Waals surface area contributed by atoms with Crippen LogP contribution in [-0.4, -0.2) is 17.3 Å². The number of hydrogen-bond acceptors (Lipinski definition) is 3. The first-order valence-electron chi connectivity index (χ1n) is 13.2. The fourth-order valence-corrected chi connectivity index (χ4v) is 5.64. The van der Waals surface area contributed by atoms with Gasteiger partial charge in [-0.1, -0.05) is 54.6 Å². The van der Waals surface area contributed by atoms with Crippen molar-refractivity contribution in [1.29, 1.82) is 0 Å². The van der Waals surface area contributed by atoms with E-state index < -0.39 is 0 Å². The van der Waals surface area contributed by atoms with Crippen LogP contribution >= 0.6 is 0 Å². The van der Waals surface area contributed by atoms with Crippen LogP contribution in [0.1, 0.15) is 19.3 Å². The van der Waals surface area contributed by atoms with Gasteiger partial charge in [0, 0.05) is 19.3 Å². The van der Waals surface area contributed by atoms with Crippen molar-refractivity contribution >= 4 is 53.8 Å². The van der Waals surface area contributed by atoms with E-state index in [4.69, 9.17) is 0 Å². The molecule has 3 aliphatic rings. The second kappa shape index (κ2) is 9.14. The lowest BCUT2D eigenvalue weighted by Crippen LogP contribution is -2.29. The molecule has 0 unspecified atom stereocenters. The van der Waals surface area contributed by atoms with Crippen molar-refractivity contribution < 1.29 is 14.4 Å². The van der Waals surface area contributed by atoms with Gasteiger partial charge in [0.05, 0.1) is 0 Å². The summed E-state index contributed by atoms with van der Waals surface area (Å²) in [5, 5.41) is 6.10. The topological polar surface area (TPSA) is 51.2 Å². The zero-order valence-electron chi connectivity index (χ0n) is 21.2. The molecule has 0 bridgehead atoms. The molecule has 7 rings (SSSR count). The van der Waals surface area contributed by atoms with E-state index in [1.807, 2.05) is 36.4 Å². The van der Waals surface area contributed by atoms with E-state index >= 15 is 0 Å². The molecule has 0 N–H and O–H groups in total. The molecule has 3 aliphatic carbocycles. The third-order valence-electron chi connectivity index (χ3n) is 7.71. The molecule has 0 saturated carbocycles. The Kier molecular flexibility index (Phi) is 5.45. The van der Waals surface area contributed by atoms with E-state index in [1.165, 1.54) is 0 Å². The predicted octanol–water partition coefficient (Wildman–Crippen LogP) is 2.29. The van der Waals surface area contributed by atoms with Crippen molar-refractivity contribution in [2.24, 2.45) is 0 Å². The van der Waals surface area contributed by atoms with E-state index in [9.17, 15) is 14.4 Å². The van der Waals surface area contributed by atoms with Gasteiger partial charge < -0.3 is 0 Å². The van der Waals surface area contributed by atoms with Crippen molar-refractivity contribution in [3.8, 4) is 33.4 Å². The van der Waals surface area contributed by atoms with Crippen LogP contribution in [0.4, 0.5) is 0 Å². The first-order chi connectivity index (χ1) is 19.0. The average Bonchev–Trinajstić information content (AvgIpc) is 2.96. The van der Waals surface area contributed by atoms with E-state index in [-0.39, 0.29) is 17.3 Å². The molecule has 39 heavy (non-hydrogen) atoms. The van der Waals surface area contributed by atoms with Gasteiger partial charge in [-0.2, -0.15) is 0 Å². The van der Waals surface area contributed by atoms with E-state index in [0.29, 0.717) is 19.3 Å². The second-order valence-corrected chi connectivity index (χ2v) is 10.4. The van der Waals surface area contributed by atoms with Crippen molar-refractivity contribution in [2.75, 3.05) is 0 Å². The highest BCUT2D eigenvalue weighted by atomic mass is 16.1. The highest BCUT2D eigenvalue weighted by Gasteiger charge is 2.11. The molecule has 0 fully saturated rings. The van der Waals surface area contributed by atoms with Crippen molar-refractivity contribution in [2.45, 2.75) is 19.3 Å². The van der Waals surface area contributed by atoms with Crippen molar-refractivity contribution in [3.05, 3.63) is 104 Å². The lowest BCUT2D eigenvalue weighted by molar-refractivity contribution is -0.113. The van der Waals surface area contributed by atoms with Crippen LogP contribution in [0.25, 0.3) is 69.8 Å². The molecule has 3 heteroatoms. The van der Waals surface area contributed by atoms with Gasteiger partial charge in [0.25, 0.3) is 0 Å². The Morgan fingerprint density at radius 3 is 0.949 bits per heavy atom. The number of benzene rings is 4. The Morgan fingerprint density at radius 2 is 0.641 bits per heavy atom. The summed E-state index contributed by atoms with van der Waals surface area (Å²) < 4.78 is 0. The van der Waals surface area contributed by atoms with Crippen LogP contribution in [0.2, 0.25) is 0 Å². The molecule has 0 aromatic heterocycles. The van der Waals surface area contributed by atoms with Crippen LogP contribution in [0.5, 0.6) is 0 Å². The summed E-state index contributed by atoms with van der Waals surface area (Å²) in [6.45, 7) is 0. The summed E-state index contributed by atoms with van der Waals surface area (Å²) in [7, 11) is 0.